The first kappa shape index (κ1) is 35.5. The first-order valence-corrected chi connectivity index (χ1v) is 16.8. The van der Waals surface area contributed by atoms with E-state index in [2.05, 4.69) is 32.2 Å². The average Bonchev–Trinajstić information content (AvgIpc) is 3.88. The largest absolute Gasteiger partial charge is 0.379 e. The Morgan fingerprint density at radius 2 is 1.78 bits per heavy atom. The van der Waals surface area contributed by atoms with E-state index < -0.39 is 5.41 Å². The van der Waals surface area contributed by atoms with Gasteiger partial charge in [-0.1, -0.05) is 44.6 Å². The van der Waals surface area contributed by atoms with Gasteiger partial charge in [0.05, 0.1) is 42.6 Å². The number of epoxide rings is 2. The molecule has 0 aromatic heterocycles. The predicted octanol–water partition coefficient (Wildman–Crippen LogP) is 4.67. The van der Waals surface area contributed by atoms with Crippen LogP contribution in [0.5, 0.6) is 0 Å². The number of methoxy groups -OCH3 is 1. The lowest BCUT2D eigenvalue weighted by Gasteiger charge is -2.43. The minimum absolute atomic E-state index is 0.0145. The summed E-state index contributed by atoms with van der Waals surface area (Å²) in [7, 11) is 1.67. The second-order valence-electron chi connectivity index (χ2n) is 14.1. The molecule has 9 nitrogen and oxygen atoms in total. The Morgan fingerprint density at radius 1 is 1.09 bits per heavy atom. The van der Waals surface area contributed by atoms with Gasteiger partial charge in [-0.15, -0.1) is 11.8 Å². The van der Waals surface area contributed by atoms with Crippen molar-refractivity contribution in [3.8, 4) is 0 Å². The van der Waals surface area contributed by atoms with Crippen molar-refractivity contribution >= 4 is 35.0 Å². The van der Waals surface area contributed by atoms with Crippen LogP contribution in [0.4, 0.5) is 0 Å². The van der Waals surface area contributed by atoms with Gasteiger partial charge in [-0.25, -0.2) is 0 Å². The Balaban J connectivity index is 1.21. The number of allylic oxidation sites excluding steroid dienone is 1. The predicted molar refractivity (Wildman–Crippen MR) is 172 cm³/mol. The molecule has 1 aromatic carbocycles. The summed E-state index contributed by atoms with van der Waals surface area (Å²) in [6.07, 6.45) is 4.36. The third-order valence-electron chi connectivity index (χ3n) is 9.05. The van der Waals surface area contributed by atoms with Gasteiger partial charge in [0.1, 0.15) is 18.8 Å². The van der Waals surface area contributed by atoms with E-state index in [-0.39, 0.29) is 90.4 Å². The lowest BCUT2D eigenvalue weighted by Crippen LogP contribution is -2.59. The molecule has 10 heteroatoms. The highest BCUT2D eigenvalue weighted by molar-refractivity contribution is 8.00. The lowest BCUT2D eigenvalue weighted by molar-refractivity contribution is -0.134. The monoisotopic (exact) mass is 643 g/mol. The summed E-state index contributed by atoms with van der Waals surface area (Å²) in [6, 6.07) is 7.17. The summed E-state index contributed by atoms with van der Waals surface area (Å²) < 4.78 is 23.5. The average molecular weight is 644 g/mol. The van der Waals surface area contributed by atoms with E-state index in [9.17, 15) is 19.2 Å². The van der Waals surface area contributed by atoms with Crippen LogP contribution in [0.25, 0.3) is 0 Å². The molecule has 0 unspecified atom stereocenters. The van der Waals surface area contributed by atoms with Crippen LogP contribution in [0, 0.1) is 11.3 Å². The van der Waals surface area contributed by atoms with Gasteiger partial charge in [0.2, 0.25) is 5.91 Å². The van der Waals surface area contributed by atoms with E-state index in [4.69, 9.17) is 18.9 Å². The number of hydrogen-bond acceptors (Lipinski definition) is 9. The molecule has 3 fully saturated rings. The summed E-state index contributed by atoms with van der Waals surface area (Å²) in [6.45, 7) is 12.2. The summed E-state index contributed by atoms with van der Waals surface area (Å²) in [5, 5.41) is 3.09. The third-order valence-corrected chi connectivity index (χ3v) is 10.1. The number of Topliss-reactive ketones (excluding diaryl/α,β-unsaturated/α-hetero) is 3. The zero-order valence-electron chi connectivity index (χ0n) is 27.7. The number of benzene rings is 1. The highest BCUT2D eigenvalue weighted by atomic mass is 32.2. The maximum atomic E-state index is 13.0. The van der Waals surface area contributed by atoms with Gasteiger partial charge in [0.25, 0.3) is 0 Å². The molecule has 4 rings (SSSR count). The van der Waals surface area contributed by atoms with Crippen molar-refractivity contribution in [2.45, 2.75) is 108 Å². The number of carbonyl (C=O) groups excluding carboxylic acids is 4. The van der Waals surface area contributed by atoms with Gasteiger partial charge in [0, 0.05) is 29.8 Å². The highest BCUT2D eigenvalue weighted by Crippen LogP contribution is 2.59. The van der Waals surface area contributed by atoms with Crippen LogP contribution in [0.1, 0.15) is 72.8 Å². The van der Waals surface area contributed by atoms with E-state index in [0.29, 0.717) is 13.0 Å². The summed E-state index contributed by atoms with van der Waals surface area (Å²) in [5.74, 6) is -0.477. The molecule has 1 aromatic rings. The number of rotatable bonds is 16. The van der Waals surface area contributed by atoms with Gasteiger partial charge >= 0.3 is 0 Å². The van der Waals surface area contributed by atoms with Crippen molar-refractivity contribution in [1.82, 2.24) is 5.32 Å². The van der Waals surface area contributed by atoms with Crippen LogP contribution in [0.15, 0.2) is 40.8 Å². The highest BCUT2D eigenvalue weighted by Gasteiger charge is 2.71. The number of hydrogen-bond donors (Lipinski definition) is 1. The molecule has 2 saturated heterocycles. The minimum atomic E-state index is -0.497. The fourth-order valence-corrected chi connectivity index (χ4v) is 7.01. The van der Waals surface area contributed by atoms with Crippen LogP contribution in [-0.4, -0.2) is 85.4 Å². The van der Waals surface area contributed by atoms with Crippen molar-refractivity contribution in [2.24, 2.45) is 11.3 Å². The second-order valence-corrected chi connectivity index (χ2v) is 15.1. The maximum absolute atomic E-state index is 13.0. The molecular weight excluding hydrogens is 594 g/mol. The molecular formula is C35H49NO8S. The van der Waals surface area contributed by atoms with Crippen molar-refractivity contribution in [3.05, 3.63) is 41.5 Å². The molecule has 1 spiro atoms. The lowest BCUT2D eigenvalue weighted by atomic mass is 9.67. The summed E-state index contributed by atoms with van der Waals surface area (Å²) in [4.78, 5) is 50.7. The fourth-order valence-electron chi connectivity index (χ4n) is 6.25. The Morgan fingerprint density at radius 3 is 2.38 bits per heavy atom. The summed E-state index contributed by atoms with van der Waals surface area (Å²) in [5.41, 5.74) is 0.922. The van der Waals surface area contributed by atoms with E-state index in [1.54, 1.807) is 7.11 Å². The molecule has 3 aliphatic rings. The van der Waals surface area contributed by atoms with Gasteiger partial charge in [0.15, 0.2) is 17.3 Å². The topological polar surface area (TPSA) is 124 Å². The summed E-state index contributed by atoms with van der Waals surface area (Å²) >= 11 is 1.36. The van der Waals surface area contributed by atoms with E-state index >= 15 is 0 Å². The third kappa shape index (κ3) is 9.35. The molecule has 248 valence electrons. The van der Waals surface area contributed by atoms with Crippen molar-refractivity contribution in [2.75, 3.05) is 32.7 Å². The van der Waals surface area contributed by atoms with Crippen LogP contribution >= 0.6 is 11.8 Å². The van der Waals surface area contributed by atoms with Gasteiger partial charge in [-0.05, 0) is 57.7 Å². The molecule has 45 heavy (non-hydrogen) atoms. The van der Waals surface area contributed by atoms with Gasteiger partial charge in [-0.2, -0.15) is 0 Å². The smallest absolute Gasteiger partial charge is 0.227 e. The minimum Gasteiger partial charge on any atom is -0.379 e. The zero-order chi connectivity index (χ0) is 33.0. The van der Waals surface area contributed by atoms with Crippen LogP contribution in [0.2, 0.25) is 0 Å². The molecule has 2 aliphatic heterocycles. The van der Waals surface area contributed by atoms with Gasteiger partial charge in [-0.3, -0.25) is 19.2 Å². The number of carbonyl (C=O) groups is 4. The Kier molecular flexibility index (Phi) is 11.5. The van der Waals surface area contributed by atoms with E-state index in [1.807, 2.05) is 45.0 Å². The van der Waals surface area contributed by atoms with E-state index in [1.165, 1.54) is 17.3 Å². The Hall–Kier alpha value is -2.37. The number of thioether (sulfide) groups is 1. The molecule has 1 N–H and O–H groups in total. The normalized spacial score (nSPS) is 28.8. The quantitative estimate of drug-likeness (QED) is 0.118. The molecule has 1 aliphatic carbocycles. The molecule has 0 radical (unpaired) electrons. The van der Waals surface area contributed by atoms with Crippen LogP contribution in [-0.2, 0) is 44.5 Å². The molecule has 2 heterocycles. The van der Waals surface area contributed by atoms with Crippen molar-refractivity contribution < 1.29 is 38.1 Å². The van der Waals surface area contributed by atoms with Gasteiger partial charge < -0.3 is 24.3 Å². The van der Waals surface area contributed by atoms with Crippen molar-refractivity contribution in [1.29, 1.82) is 0 Å². The zero-order valence-corrected chi connectivity index (χ0v) is 28.6. The number of amides is 1. The number of nitrogens with one attached hydrogen (secondary N) is 1. The van der Waals surface area contributed by atoms with Crippen LogP contribution in [0.3, 0.4) is 0 Å². The number of ketones is 3. The second kappa shape index (κ2) is 14.6. The van der Waals surface area contributed by atoms with Crippen molar-refractivity contribution in [3.63, 3.8) is 0 Å². The fraction of sp³-hybridized carbons (Fsp3) is 0.657. The molecule has 6 atom stereocenters. The first-order chi connectivity index (χ1) is 21.2. The number of ether oxygens (including phenoxy) is 4. The SMILES string of the molecule is CO[C@@H]1[C@H](NC(=O)CC(=O)CSc2ccc(CC(=O)COCC(=O)C(C)(C)C)cc2)CC[C@]2(CO2)[C@H]1[C@@]1(C)O[C@@H]1CC=C(C)C. The van der Waals surface area contributed by atoms with Crippen LogP contribution < -0.4 is 5.32 Å². The Bertz CT molecular complexity index is 1280. The van der Waals surface area contributed by atoms with E-state index in [0.717, 1.165) is 23.3 Å². The standard InChI is InChI=1S/C35H49NO8S/c1-22(2)8-13-29-34(6,44-29)32-31(41-7)27(14-15-35(32)21-43-35)36-30(40)17-25(38)20-45-26-11-9-23(10-12-26)16-24(37)18-42-19-28(39)33(3,4)5/h8-12,27,29,31-32H,13-21H2,1-7H3,(H,36,40)/t27-,29-,31-,32-,34+,35+/m1/s1. The molecule has 0 bridgehead atoms. The maximum Gasteiger partial charge on any atom is 0.227 e. The molecule has 1 saturated carbocycles. The first-order valence-electron chi connectivity index (χ1n) is 15.8. The molecule has 1 amide bonds. The Labute approximate surface area is 271 Å².